The van der Waals surface area contributed by atoms with Crippen LogP contribution in [0.5, 0.6) is 11.5 Å². The number of hydrogen-bond donors (Lipinski definition) is 2. The summed E-state index contributed by atoms with van der Waals surface area (Å²) in [6.07, 6.45) is 0. The average molecular weight is 558 g/mol. The maximum Gasteiger partial charge on any atom is 0.335 e. The van der Waals surface area contributed by atoms with Crippen molar-refractivity contribution in [3.8, 4) is 11.5 Å². The molecule has 8 nitrogen and oxygen atoms in total. The topological polar surface area (TPSA) is 113 Å². The third-order valence-corrected chi connectivity index (χ3v) is 7.01. The summed E-state index contributed by atoms with van der Waals surface area (Å²) in [5, 5.41) is 20.9. The van der Waals surface area contributed by atoms with Crippen LogP contribution in [0, 0.1) is 0 Å². The van der Waals surface area contributed by atoms with Gasteiger partial charge in [-0.3, -0.25) is 9.59 Å². The predicted octanol–water partition coefficient (Wildman–Crippen LogP) is 6.10. The second kappa shape index (κ2) is 11.9. The van der Waals surface area contributed by atoms with Crippen LogP contribution in [-0.2, 0) is 21.5 Å². The number of amides is 1. The van der Waals surface area contributed by atoms with E-state index >= 15 is 0 Å². The van der Waals surface area contributed by atoms with E-state index in [1.807, 2.05) is 38.1 Å². The number of nitrogens with zero attached hydrogens (tertiary/aromatic N) is 1. The van der Waals surface area contributed by atoms with Crippen LogP contribution >= 0.6 is 0 Å². The van der Waals surface area contributed by atoms with E-state index < -0.39 is 23.7 Å². The maximum absolute atomic E-state index is 13.6. The molecule has 1 atom stereocenters. The van der Waals surface area contributed by atoms with Crippen molar-refractivity contribution in [3.05, 3.63) is 100 Å². The van der Waals surface area contributed by atoms with E-state index in [-0.39, 0.29) is 34.4 Å². The zero-order valence-corrected chi connectivity index (χ0v) is 23.9. The number of carbonyl (C=O) groups is 3. The molecule has 1 saturated heterocycles. The van der Waals surface area contributed by atoms with Crippen LogP contribution < -0.4 is 9.47 Å². The van der Waals surface area contributed by atoms with Gasteiger partial charge >= 0.3 is 5.97 Å². The SMILES string of the molecule is CCOc1ccc(/C(O)=C2/C(=O)C(=O)N(Cc3ccc(C(=O)O)cc3)C2c2ccc(C(C)(C)C)cc2)c(OCC)c1. The molecule has 1 fully saturated rings. The minimum Gasteiger partial charge on any atom is -0.507 e. The number of Topliss-reactive ketones (excluding diaryl/α,β-unsaturated/α-hetero) is 1. The van der Waals surface area contributed by atoms with E-state index in [9.17, 15) is 24.6 Å². The summed E-state index contributed by atoms with van der Waals surface area (Å²) in [4.78, 5) is 39.8. The Hall–Kier alpha value is -4.59. The summed E-state index contributed by atoms with van der Waals surface area (Å²) >= 11 is 0. The van der Waals surface area contributed by atoms with Gasteiger partial charge in [0.1, 0.15) is 17.3 Å². The zero-order valence-electron chi connectivity index (χ0n) is 23.9. The van der Waals surface area contributed by atoms with Gasteiger partial charge in [-0.15, -0.1) is 0 Å². The molecule has 0 spiro atoms. The van der Waals surface area contributed by atoms with Gasteiger partial charge in [-0.05, 0) is 60.2 Å². The number of carbonyl (C=O) groups excluding carboxylic acids is 2. The Morgan fingerprint density at radius 2 is 1.51 bits per heavy atom. The summed E-state index contributed by atoms with van der Waals surface area (Å²) in [7, 11) is 0. The number of carboxylic acid groups (broad SMARTS) is 1. The van der Waals surface area contributed by atoms with Crippen molar-refractivity contribution < 1.29 is 34.1 Å². The lowest BCUT2D eigenvalue weighted by Gasteiger charge is -2.27. The summed E-state index contributed by atoms with van der Waals surface area (Å²) in [5.74, 6) is -2.10. The molecule has 0 radical (unpaired) electrons. The fraction of sp³-hybridized carbons (Fsp3) is 0.303. The second-order valence-electron chi connectivity index (χ2n) is 10.8. The molecule has 41 heavy (non-hydrogen) atoms. The van der Waals surface area contributed by atoms with Crippen molar-refractivity contribution in [3.63, 3.8) is 0 Å². The van der Waals surface area contributed by atoms with Crippen molar-refractivity contribution in [1.29, 1.82) is 0 Å². The third kappa shape index (κ3) is 6.11. The fourth-order valence-corrected chi connectivity index (χ4v) is 4.88. The summed E-state index contributed by atoms with van der Waals surface area (Å²) in [5.41, 5.74) is 2.60. The number of carboxylic acids is 1. The molecule has 8 heteroatoms. The molecule has 3 aromatic rings. The number of aliphatic hydroxyl groups is 1. The number of benzene rings is 3. The van der Waals surface area contributed by atoms with E-state index in [2.05, 4.69) is 20.8 Å². The second-order valence-corrected chi connectivity index (χ2v) is 10.8. The Balaban J connectivity index is 1.86. The molecule has 1 amide bonds. The lowest BCUT2D eigenvalue weighted by molar-refractivity contribution is -0.140. The first-order valence-electron chi connectivity index (χ1n) is 13.6. The van der Waals surface area contributed by atoms with Crippen LogP contribution in [0.25, 0.3) is 5.76 Å². The molecular formula is C33H35NO7. The highest BCUT2D eigenvalue weighted by Gasteiger charge is 2.46. The summed E-state index contributed by atoms with van der Waals surface area (Å²) in [6.45, 7) is 10.7. The fourth-order valence-electron chi connectivity index (χ4n) is 4.88. The lowest BCUT2D eigenvalue weighted by atomic mass is 9.85. The van der Waals surface area contributed by atoms with Crippen molar-refractivity contribution in [2.45, 2.75) is 52.6 Å². The molecule has 0 saturated carbocycles. The lowest BCUT2D eigenvalue weighted by Crippen LogP contribution is -2.29. The van der Waals surface area contributed by atoms with Gasteiger partial charge in [-0.25, -0.2) is 4.79 Å². The van der Waals surface area contributed by atoms with Crippen molar-refractivity contribution in [1.82, 2.24) is 4.90 Å². The number of likely N-dealkylation sites (tertiary alicyclic amines) is 1. The van der Waals surface area contributed by atoms with Gasteiger partial charge in [-0.1, -0.05) is 57.2 Å². The highest BCUT2D eigenvalue weighted by atomic mass is 16.5. The molecule has 1 unspecified atom stereocenters. The highest BCUT2D eigenvalue weighted by molar-refractivity contribution is 6.46. The highest BCUT2D eigenvalue weighted by Crippen LogP contribution is 2.42. The van der Waals surface area contributed by atoms with E-state index in [4.69, 9.17) is 9.47 Å². The van der Waals surface area contributed by atoms with E-state index in [0.717, 1.165) is 5.56 Å². The first-order valence-corrected chi connectivity index (χ1v) is 13.6. The van der Waals surface area contributed by atoms with Gasteiger partial charge in [-0.2, -0.15) is 0 Å². The molecule has 3 aromatic carbocycles. The Bertz CT molecular complexity index is 1480. The summed E-state index contributed by atoms with van der Waals surface area (Å²) in [6, 6.07) is 17.8. The first-order chi connectivity index (χ1) is 19.5. The molecule has 0 bridgehead atoms. The Morgan fingerprint density at radius 1 is 0.878 bits per heavy atom. The maximum atomic E-state index is 13.6. The largest absolute Gasteiger partial charge is 0.507 e. The molecular weight excluding hydrogens is 522 g/mol. The quantitative estimate of drug-likeness (QED) is 0.186. The van der Waals surface area contributed by atoms with Crippen LogP contribution in [0.15, 0.2) is 72.3 Å². The van der Waals surface area contributed by atoms with Gasteiger partial charge in [0.2, 0.25) is 0 Å². The van der Waals surface area contributed by atoms with Crippen molar-refractivity contribution in [2.75, 3.05) is 13.2 Å². The molecule has 1 aliphatic heterocycles. The predicted molar refractivity (Wildman–Crippen MR) is 155 cm³/mol. The van der Waals surface area contributed by atoms with Gasteiger partial charge < -0.3 is 24.6 Å². The van der Waals surface area contributed by atoms with E-state index in [1.165, 1.54) is 17.0 Å². The minimum absolute atomic E-state index is 0.0362. The molecule has 4 rings (SSSR count). The molecule has 1 aliphatic rings. The van der Waals surface area contributed by atoms with Crippen LogP contribution in [-0.4, -0.2) is 46.0 Å². The molecule has 1 heterocycles. The van der Waals surface area contributed by atoms with Gasteiger partial charge in [0.25, 0.3) is 11.7 Å². The Kier molecular flexibility index (Phi) is 8.52. The van der Waals surface area contributed by atoms with Gasteiger partial charge in [0.05, 0.1) is 36.0 Å². The number of hydrogen-bond acceptors (Lipinski definition) is 6. The van der Waals surface area contributed by atoms with Gasteiger partial charge in [0.15, 0.2) is 0 Å². The normalized spacial score (nSPS) is 16.6. The van der Waals surface area contributed by atoms with Crippen LogP contribution in [0.3, 0.4) is 0 Å². The Morgan fingerprint density at radius 3 is 2.07 bits per heavy atom. The Labute approximate surface area is 239 Å². The van der Waals surface area contributed by atoms with Crippen LogP contribution in [0.2, 0.25) is 0 Å². The van der Waals surface area contributed by atoms with Gasteiger partial charge in [0, 0.05) is 12.6 Å². The van der Waals surface area contributed by atoms with Crippen LogP contribution in [0.1, 0.15) is 73.3 Å². The average Bonchev–Trinajstić information content (AvgIpc) is 3.18. The number of rotatable bonds is 9. The number of ether oxygens (including phenoxy) is 2. The van der Waals surface area contributed by atoms with Crippen molar-refractivity contribution >= 4 is 23.4 Å². The monoisotopic (exact) mass is 557 g/mol. The number of ketones is 1. The van der Waals surface area contributed by atoms with Crippen LogP contribution in [0.4, 0.5) is 0 Å². The van der Waals surface area contributed by atoms with E-state index in [0.29, 0.717) is 35.8 Å². The zero-order chi connectivity index (χ0) is 29.9. The standard InChI is InChI=1S/C33H35NO7/c1-6-40-24-16-17-25(26(18-24)41-7-2)29(35)27-28(21-12-14-23(15-13-21)33(3,4)5)34(31(37)30(27)36)19-20-8-10-22(11-9-20)32(38)39/h8-18,28,35H,6-7,19H2,1-5H3,(H,38,39)/b29-27-. The minimum atomic E-state index is -1.06. The third-order valence-electron chi connectivity index (χ3n) is 7.01. The first kappa shape index (κ1) is 29.4. The van der Waals surface area contributed by atoms with Crippen molar-refractivity contribution in [2.24, 2.45) is 0 Å². The van der Waals surface area contributed by atoms with E-state index in [1.54, 1.807) is 30.3 Å². The molecule has 2 N–H and O–H groups in total. The number of aromatic carboxylic acids is 1. The summed E-state index contributed by atoms with van der Waals surface area (Å²) < 4.78 is 11.4. The molecule has 0 aliphatic carbocycles. The number of aliphatic hydroxyl groups excluding tert-OH is 1. The molecule has 0 aromatic heterocycles. The molecule has 214 valence electrons. The smallest absolute Gasteiger partial charge is 0.335 e.